The second-order valence-corrected chi connectivity index (χ2v) is 12.7. The summed E-state index contributed by atoms with van der Waals surface area (Å²) in [7, 11) is 0. The first-order valence-electron chi connectivity index (χ1n) is 17.8. The molecule has 2 N–H and O–H groups in total. The zero-order valence-corrected chi connectivity index (χ0v) is 32.2. The van der Waals surface area contributed by atoms with E-state index in [1.165, 1.54) is 0 Å². The van der Waals surface area contributed by atoms with Gasteiger partial charge in [0.1, 0.15) is 31.0 Å². The molecule has 0 fully saturated rings. The predicted molar refractivity (Wildman–Crippen MR) is 197 cm³/mol. The van der Waals surface area contributed by atoms with Crippen LogP contribution < -0.4 is 10.6 Å². The lowest BCUT2D eigenvalue weighted by Gasteiger charge is -2.33. The van der Waals surface area contributed by atoms with E-state index >= 15 is 0 Å². The van der Waals surface area contributed by atoms with E-state index in [9.17, 15) is 14.4 Å². The molecule has 0 aromatic heterocycles. The van der Waals surface area contributed by atoms with Crippen molar-refractivity contribution in [2.45, 2.75) is 58.1 Å². The Kier molecular flexibility index (Phi) is 31.3. The number of rotatable bonds is 35. The van der Waals surface area contributed by atoms with Crippen molar-refractivity contribution in [2.24, 2.45) is 5.92 Å². The second kappa shape index (κ2) is 33.3. The largest absolute Gasteiger partial charge is 0.460 e. The fraction of sp³-hybridized carbons (Fsp3) is 0.763. The van der Waals surface area contributed by atoms with Crippen molar-refractivity contribution < 1.29 is 61.8 Å². The van der Waals surface area contributed by atoms with Crippen LogP contribution >= 0.6 is 0 Å². The number of esters is 1. The molecule has 0 aliphatic carbocycles. The average molecular weight is 755 g/mol. The van der Waals surface area contributed by atoms with Crippen molar-refractivity contribution in [3.8, 4) is 37.0 Å². The summed E-state index contributed by atoms with van der Waals surface area (Å²) in [6, 6.07) is 0. The van der Waals surface area contributed by atoms with E-state index < -0.39 is 11.1 Å². The third-order valence-corrected chi connectivity index (χ3v) is 6.61. The Morgan fingerprint density at radius 3 is 1.36 bits per heavy atom. The number of terminal acetylenes is 3. The van der Waals surface area contributed by atoms with Gasteiger partial charge in [-0.3, -0.25) is 14.4 Å². The molecule has 0 heterocycles. The van der Waals surface area contributed by atoms with E-state index in [0.29, 0.717) is 85.6 Å². The minimum Gasteiger partial charge on any atom is -0.460 e. The van der Waals surface area contributed by atoms with Gasteiger partial charge in [-0.1, -0.05) is 24.7 Å². The van der Waals surface area contributed by atoms with Crippen LogP contribution in [-0.2, 0) is 61.8 Å². The van der Waals surface area contributed by atoms with Crippen LogP contribution in [0.25, 0.3) is 0 Å². The SMILES string of the molecule is C#CCOCC(COCC#C)(COCC#C)NC(=O)CCOCCOCCOCCOCCOCCOCCNC(=O)CC[C@H](C)C(=O)OC(C)(C)C. The van der Waals surface area contributed by atoms with Crippen LogP contribution in [0.1, 0.15) is 47.0 Å². The van der Waals surface area contributed by atoms with E-state index in [0.717, 1.165) is 0 Å². The van der Waals surface area contributed by atoms with E-state index in [1.54, 1.807) is 6.92 Å². The molecule has 0 radical (unpaired) electrons. The van der Waals surface area contributed by atoms with E-state index in [4.69, 9.17) is 66.6 Å². The Morgan fingerprint density at radius 2 is 0.962 bits per heavy atom. The Labute approximate surface area is 316 Å². The molecule has 15 heteroatoms. The minimum absolute atomic E-state index is 0.0419. The summed E-state index contributed by atoms with van der Waals surface area (Å²) in [5.74, 6) is 6.07. The van der Waals surface area contributed by atoms with Crippen LogP contribution in [-0.4, -0.2) is 154 Å². The molecule has 0 bridgehead atoms. The summed E-state index contributed by atoms with van der Waals surface area (Å²) >= 11 is 0. The highest BCUT2D eigenvalue weighted by atomic mass is 16.6. The summed E-state index contributed by atoms with van der Waals surface area (Å²) in [6.07, 6.45) is 16.6. The summed E-state index contributed by atoms with van der Waals surface area (Å²) in [5.41, 5.74) is -1.57. The van der Waals surface area contributed by atoms with Crippen molar-refractivity contribution in [3.05, 3.63) is 0 Å². The fourth-order valence-electron chi connectivity index (χ4n) is 4.09. The predicted octanol–water partition coefficient (Wildman–Crippen LogP) is 1.15. The van der Waals surface area contributed by atoms with E-state index in [2.05, 4.69) is 28.4 Å². The summed E-state index contributed by atoms with van der Waals surface area (Å²) in [4.78, 5) is 36.6. The molecular weight excluding hydrogens is 692 g/mol. The van der Waals surface area contributed by atoms with Crippen molar-refractivity contribution in [3.63, 3.8) is 0 Å². The first-order chi connectivity index (χ1) is 25.5. The Morgan fingerprint density at radius 1 is 0.566 bits per heavy atom. The molecular formula is C38H62N2O13. The number of carbonyl (C=O) groups excluding carboxylic acids is 3. The van der Waals surface area contributed by atoms with Gasteiger partial charge in [0.2, 0.25) is 11.8 Å². The number of nitrogens with one attached hydrogen (secondary N) is 2. The van der Waals surface area contributed by atoms with Gasteiger partial charge in [-0.15, -0.1) is 19.3 Å². The molecule has 0 aliphatic rings. The van der Waals surface area contributed by atoms with Crippen LogP contribution in [0.3, 0.4) is 0 Å². The lowest BCUT2D eigenvalue weighted by Crippen LogP contribution is -2.58. The third-order valence-electron chi connectivity index (χ3n) is 6.61. The Balaban J connectivity index is 3.74. The minimum atomic E-state index is -1.03. The van der Waals surface area contributed by atoms with E-state index in [1.807, 2.05) is 20.8 Å². The molecule has 0 aromatic rings. The van der Waals surface area contributed by atoms with E-state index in [-0.39, 0.29) is 82.8 Å². The first-order valence-corrected chi connectivity index (χ1v) is 17.8. The van der Waals surface area contributed by atoms with Crippen LogP contribution in [0.5, 0.6) is 0 Å². The van der Waals surface area contributed by atoms with Gasteiger partial charge in [-0.2, -0.15) is 0 Å². The first kappa shape index (κ1) is 49.7. The van der Waals surface area contributed by atoms with Gasteiger partial charge < -0.3 is 58.0 Å². The molecule has 0 spiro atoms. The maximum Gasteiger partial charge on any atom is 0.309 e. The molecule has 15 nitrogen and oxygen atoms in total. The lowest BCUT2D eigenvalue weighted by molar-refractivity contribution is -0.159. The summed E-state index contributed by atoms with van der Waals surface area (Å²) in [5, 5.41) is 5.67. The molecule has 0 unspecified atom stereocenters. The highest BCUT2D eigenvalue weighted by Crippen LogP contribution is 2.14. The van der Waals surface area contributed by atoms with Crippen molar-refractivity contribution >= 4 is 17.8 Å². The number of hydrogen-bond donors (Lipinski definition) is 2. The molecule has 0 aromatic carbocycles. The fourth-order valence-corrected chi connectivity index (χ4v) is 4.09. The maximum atomic E-state index is 12.7. The Bertz CT molecular complexity index is 1040. The number of ether oxygens (including phenoxy) is 10. The molecule has 0 aliphatic heterocycles. The molecule has 53 heavy (non-hydrogen) atoms. The smallest absolute Gasteiger partial charge is 0.309 e. The third kappa shape index (κ3) is 31.9. The van der Waals surface area contributed by atoms with Gasteiger partial charge in [0.05, 0.1) is 105 Å². The molecule has 0 saturated heterocycles. The molecule has 1 atom stereocenters. The standard InChI is InChI=1S/C38H62N2O13/c1-8-15-50-30-38(31-51-16-9-2,32-52-17-10-3)40-35(42)13-18-44-20-22-46-24-26-48-28-29-49-27-25-47-23-21-45-19-14-39-34(41)12-11-33(4)36(43)53-37(5,6)7/h1-3,33H,11-32H2,4-7H3,(H,39,41)(H,40,42)/t33-/m0/s1. The highest BCUT2D eigenvalue weighted by molar-refractivity contribution is 5.78. The van der Waals surface area contributed by atoms with Crippen LogP contribution in [0.2, 0.25) is 0 Å². The van der Waals surface area contributed by atoms with Gasteiger partial charge in [-0.05, 0) is 27.2 Å². The van der Waals surface area contributed by atoms with Crippen molar-refractivity contribution in [2.75, 3.05) is 125 Å². The quantitative estimate of drug-likeness (QED) is 0.0538. The topological polar surface area (TPSA) is 168 Å². The monoisotopic (exact) mass is 754 g/mol. The van der Waals surface area contributed by atoms with Crippen molar-refractivity contribution in [1.29, 1.82) is 0 Å². The number of carbonyl (C=O) groups is 3. The normalized spacial score (nSPS) is 11.9. The van der Waals surface area contributed by atoms with Gasteiger partial charge in [-0.25, -0.2) is 0 Å². The highest BCUT2D eigenvalue weighted by Gasteiger charge is 2.33. The summed E-state index contributed by atoms with van der Waals surface area (Å²) < 4.78 is 54.6. The van der Waals surface area contributed by atoms with Crippen LogP contribution in [0, 0.1) is 42.9 Å². The maximum absolute atomic E-state index is 12.7. The number of hydrogen-bond acceptors (Lipinski definition) is 13. The van der Waals surface area contributed by atoms with Crippen molar-refractivity contribution in [1.82, 2.24) is 10.6 Å². The van der Waals surface area contributed by atoms with Gasteiger partial charge in [0.25, 0.3) is 0 Å². The average Bonchev–Trinajstić information content (AvgIpc) is 3.10. The molecule has 0 rings (SSSR count). The number of amides is 2. The summed E-state index contributed by atoms with van der Waals surface area (Å²) in [6.45, 7) is 12.3. The second-order valence-electron chi connectivity index (χ2n) is 12.7. The van der Waals surface area contributed by atoms with Gasteiger partial charge in [0, 0.05) is 19.4 Å². The van der Waals surface area contributed by atoms with Crippen LogP contribution in [0.15, 0.2) is 0 Å². The zero-order chi connectivity index (χ0) is 39.5. The lowest BCUT2D eigenvalue weighted by atomic mass is 10.0. The zero-order valence-electron chi connectivity index (χ0n) is 32.2. The van der Waals surface area contributed by atoms with Crippen LogP contribution in [0.4, 0.5) is 0 Å². The van der Waals surface area contributed by atoms with Gasteiger partial charge in [0.15, 0.2) is 0 Å². The van der Waals surface area contributed by atoms with Gasteiger partial charge >= 0.3 is 5.97 Å². The Hall–Kier alpha value is -3.27. The molecule has 0 saturated carbocycles. The molecule has 2 amide bonds. The molecule has 302 valence electrons.